The van der Waals surface area contributed by atoms with Gasteiger partial charge in [0.05, 0.1) is 5.60 Å². The molecule has 1 unspecified atom stereocenters. The number of nitrogens with one attached hydrogen (secondary N) is 1. The van der Waals surface area contributed by atoms with Crippen LogP contribution >= 0.6 is 0 Å². The van der Waals surface area contributed by atoms with Crippen LogP contribution in [0.5, 0.6) is 0 Å². The summed E-state index contributed by atoms with van der Waals surface area (Å²) in [6.07, 6.45) is 4.05. The molecule has 0 spiro atoms. The molecule has 2 aliphatic rings. The molecule has 2 aliphatic heterocycles. The largest absolute Gasteiger partial charge is 0.390 e. The number of rotatable bonds is 2. The zero-order valence-electron chi connectivity index (χ0n) is 11.8. The van der Waals surface area contributed by atoms with Crippen molar-refractivity contribution in [2.75, 3.05) is 25.0 Å². The normalized spacial score (nSPS) is 27.7. The van der Waals surface area contributed by atoms with E-state index in [1.54, 1.807) is 0 Å². The lowest BCUT2D eigenvalue weighted by molar-refractivity contribution is 0.0444. The van der Waals surface area contributed by atoms with Crippen molar-refractivity contribution in [2.45, 2.75) is 44.8 Å². The van der Waals surface area contributed by atoms with Gasteiger partial charge in [0.1, 0.15) is 0 Å². The quantitative estimate of drug-likeness (QED) is 0.857. The first-order valence-corrected chi connectivity index (χ1v) is 7.43. The summed E-state index contributed by atoms with van der Waals surface area (Å²) in [5, 5.41) is 13.7. The van der Waals surface area contributed by atoms with Gasteiger partial charge < -0.3 is 10.4 Å². The fraction of sp³-hybridized carbons (Fsp3) is 0.625. The maximum Gasteiger partial charge on any atom is 0.0632 e. The molecular weight excluding hydrogens is 236 g/mol. The van der Waals surface area contributed by atoms with Crippen LogP contribution in [0.4, 0.5) is 5.69 Å². The lowest BCUT2D eigenvalue weighted by atomic mass is 9.98. The second-order valence-electron chi connectivity index (χ2n) is 6.25. The van der Waals surface area contributed by atoms with E-state index >= 15 is 0 Å². The van der Waals surface area contributed by atoms with E-state index in [-0.39, 0.29) is 0 Å². The van der Waals surface area contributed by atoms with Crippen molar-refractivity contribution in [1.29, 1.82) is 0 Å². The first-order chi connectivity index (χ1) is 9.14. The Kier molecular flexibility index (Phi) is 3.50. The molecular formula is C16H24N2O. The van der Waals surface area contributed by atoms with Gasteiger partial charge >= 0.3 is 0 Å². The molecule has 0 radical (unpaired) electrons. The lowest BCUT2D eigenvalue weighted by Gasteiger charge is -2.23. The number of likely N-dealkylation sites (tertiary alicyclic amines) is 1. The van der Waals surface area contributed by atoms with Gasteiger partial charge in [-0.2, -0.15) is 0 Å². The molecule has 3 nitrogen and oxygen atoms in total. The van der Waals surface area contributed by atoms with Crippen LogP contribution in [0.25, 0.3) is 0 Å². The molecule has 1 fully saturated rings. The highest BCUT2D eigenvalue weighted by molar-refractivity contribution is 5.61. The summed E-state index contributed by atoms with van der Waals surface area (Å²) in [6, 6.07) is 6.64. The van der Waals surface area contributed by atoms with Gasteiger partial charge in [0.15, 0.2) is 0 Å². The standard InChI is InChI=1S/C16H24N2O/c1-16(19)7-3-10-18(11-8-16)12-14-5-2-4-13-6-9-17-15(13)14/h2,4-5,17,19H,3,6-12H2,1H3. The Morgan fingerprint density at radius 3 is 3.11 bits per heavy atom. The summed E-state index contributed by atoms with van der Waals surface area (Å²) in [7, 11) is 0. The van der Waals surface area contributed by atoms with Crippen molar-refractivity contribution in [3.63, 3.8) is 0 Å². The summed E-state index contributed by atoms with van der Waals surface area (Å²) >= 11 is 0. The van der Waals surface area contributed by atoms with Crippen LogP contribution in [0.15, 0.2) is 18.2 Å². The Bertz CT molecular complexity index is 456. The summed E-state index contributed by atoms with van der Waals surface area (Å²) < 4.78 is 0. The van der Waals surface area contributed by atoms with Crippen LogP contribution in [0.2, 0.25) is 0 Å². The van der Waals surface area contributed by atoms with E-state index in [0.29, 0.717) is 0 Å². The van der Waals surface area contributed by atoms with Crippen molar-refractivity contribution >= 4 is 5.69 Å². The Morgan fingerprint density at radius 2 is 2.21 bits per heavy atom. The second kappa shape index (κ2) is 5.14. The van der Waals surface area contributed by atoms with Gasteiger partial charge in [-0.05, 0) is 50.3 Å². The number of nitrogens with zero attached hydrogens (tertiary/aromatic N) is 1. The molecule has 104 valence electrons. The Morgan fingerprint density at radius 1 is 1.32 bits per heavy atom. The van der Waals surface area contributed by atoms with Gasteiger partial charge in [-0.15, -0.1) is 0 Å². The predicted octanol–water partition coefficient (Wildman–Crippen LogP) is 2.39. The highest BCUT2D eigenvalue weighted by atomic mass is 16.3. The molecule has 19 heavy (non-hydrogen) atoms. The van der Waals surface area contributed by atoms with Crippen LogP contribution < -0.4 is 5.32 Å². The molecule has 0 aliphatic carbocycles. The molecule has 2 heterocycles. The topological polar surface area (TPSA) is 35.5 Å². The minimum atomic E-state index is -0.467. The third-order valence-corrected chi connectivity index (χ3v) is 4.48. The summed E-state index contributed by atoms with van der Waals surface area (Å²) in [5.41, 5.74) is 3.76. The lowest BCUT2D eigenvalue weighted by Crippen LogP contribution is -2.28. The van der Waals surface area contributed by atoms with Gasteiger partial charge in [0.25, 0.3) is 0 Å². The second-order valence-corrected chi connectivity index (χ2v) is 6.25. The summed E-state index contributed by atoms with van der Waals surface area (Å²) in [5.74, 6) is 0. The highest BCUT2D eigenvalue weighted by Crippen LogP contribution is 2.29. The molecule has 0 amide bonds. The van der Waals surface area contributed by atoms with E-state index in [9.17, 15) is 5.11 Å². The monoisotopic (exact) mass is 260 g/mol. The van der Waals surface area contributed by atoms with Crippen molar-refractivity contribution in [1.82, 2.24) is 4.90 Å². The van der Waals surface area contributed by atoms with Gasteiger partial charge in [-0.3, -0.25) is 4.90 Å². The minimum Gasteiger partial charge on any atom is -0.390 e. The van der Waals surface area contributed by atoms with E-state index in [4.69, 9.17) is 0 Å². The molecule has 0 aromatic heterocycles. The number of benzene rings is 1. The van der Waals surface area contributed by atoms with E-state index < -0.39 is 5.60 Å². The molecule has 0 saturated carbocycles. The van der Waals surface area contributed by atoms with Gasteiger partial charge in [-0.25, -0.2) is 0 Å². The SMILES string of the molecule is CC1(O)CCCN(Cc2cccc3c2NCC3)CC1. The molecule has 1 aromatic rings. The molecule has 3 heteroatoms. The van der Waals surface area contributed by atoms with E-state index in [1.165, 1.54) is 16.8 Å². The number of anilines is 1. The van der Waals surface area contributed by atoms with Crippen LogP contribution in [0, 0.1) is 0 Å². The average Bonchev–Trinajstić information content (AvgIpc) is 2.78. The number of para-hydroxylation sites is 1. The van der Waals surface area contributed by atoms with Gasteiger partial charge in [0, 0.05) is 25.3 Å². The molecule has 1 aromatic carbocycles. The van der Waals surface area contributed by atoms with Crippen LogP contribution in [-0.4, -0.2) is 35.2 Å². The number of hydrogen-bond donors (Lipinski definition) is 2. The predicted molar refractivity (Wildman–Crippen MR) is 78.4 cm³/mol. The molecule has 0 bridgehead atoms. The average molecular weight is 260 g/mol. The molecule has 2 N–H and O–H groups in total. The fourth-order valence-corrected chi connectivity index (χ4v) is 3.26. The van der Waals surface area contributed by atoms with Crippen molar-refractivity contribution < 1.29 is 5.11 Å². The van der Waals surface area contributed by atoms with Crippen molar-refractivity contribution in [2.24, 2.45) is 0 Å². The molecule has 1 atom stereocenters. The third-order valence-electron chi connectivity index (χ3n) is 4.48. The van der Waals surface area contributed by atoms with Crippen molar-refractivity contribution in [3.05, 3.63) is 29.3 Å². The number of hydrogen-bond acceptors (Lipinski definition) is 3. The maximum absolute atomic E-state index is 10.2. The fourth-order valence-electron chi connectivity index (χ4n) is 3.26. The first-order valence-electron chi connectivity index (χ1n) is 7.43. The van der Waals surface area contributed by atoms with Gasteiger partial charge in [-0.1, -0.05) is 18.2 Å². The Balaban J connectivity index is 1.70. The van der Waals surface area contributed by atoms with Crippen LogP contribution in [-0.2, 0) is 13.0 Å². The number of aliphatic hydroxyl groups is 1. The summed E-state index contributed by atoms with van der Waals surface area (Å²) in [6.45, 7) is 6.14. The van der Waals surface area contributed by atoms with Crippen molar-refractivity contribution in [3.8, 4) is 0 Å². The van der Waals surface area contributed by atoms with Crippen LogP contribution in [0.3, 0.4) is 0 Å². The zero-order chi connectivity index (χ0) is 13.3. The van der Waals surface area contributed by atoms with Crippen LogP contribution in [0.1, 0.15) is 37.3 Å². The highest BCUT2D eigenvalue weighted by Gasteiger charge is 2.25. The minimum absolute atomic E-state index is 0.467. The molecule has 3 rings (SSSR count). The van der Waals surface area contributed by atoms with E-state index in [2.05, 4.69) is 28.4 Å². The van der Waals surface area contributed by atoms with E-state index in [0.717, 1.165) is 51.9 Å². The van der Waals surface area contributed by atoms with Gasteiger partial charge in [0.2, 0.25) is 0 Å². The first kappa shape index (κ1) is 12.9. The maximum atomic E-state index is 10.2. The Labute approximate surface area is 115 Å². The number of fused-ring (bicyclic) bond motifs is 1. The zero-order valence-corrected chi connectivity index (χ0v) is 11.8. The smallest absolute Gasteiger partial charge is 0.0632 e. The molecule has 1 saturated heterocycles. The summed E-state index contributed by atoms with van der Waals surface area (Å²) in [4.78, 5) is 2.48. The Hall–Kier alpha value is -1.06. The van der Waals surface area contributed by atoms with E-state index in [1.807, 2.05) is 6.92 Å². The third kappa shape index (κ3) is 2.93.